The Kier molecular flexibility index (Phi) is 4.48. The van der Waals surface area contributed by atoms with Gasteiger partial charge in [0.25, 0.3) is 0 Å². The summed E-state index contributed by atoms with van der Waals surface area (Å²) in [4.78, 5) is 25.6. The Balaban J connectivity index is 1.65. The number of hydrogen-bond donors (Lipinski definition) is 1. The molecule has 3 rings (SSSR count). The fourth-order valence-electron chi connectivity index (χ4n) is 4.24. The zero-order chi connectivity index (χ0) is 14.8. The summed E-state index contributed by atoms with van der Waals surface area (Å²) in [6.45, 7) is 1.72. The molecule has 2 saturated carbocycles. The van der Waals surface area contributed by atoms with Gasteiger partial charge >= 0.3 is 5.97 Å². The van der Waals surface area contributed by atoms with Gasteiger partial charge in [-0.1, -0.05) is 12.8 Å². The molecule has 118 valence electrons. The van der Waals surface area contributed by atoms with Crippen LogP contribution >= 0.6 is 0 Å². The summed E-state index contributed by atoms with van der Waals surface area (Å²) in [6.07, 6.45) is 6.59. The Morgan fingerprint density at radius 2 is 1.67 bits per heavy atom. The van der Waals surface area contributed by atoms with Crippen LogP contribution in [-0.4, -0.2) is 47.7 Å². The maximum Gasteiger partial charge on any atom is 0.305 e. The second kappa shape index (κ2) is 6.34. The quantitative estimate of drug-likeness (QED) is 0.841. The van der Waals surface area contributed by atoms with E-state index in [2.05, 4.69) is 0 Å². The largest absolute Gasteiger partial charge is 0.481 e. The van der Waals surface area contributed by atoms with Gasteiger partial charge in [0, 0.05) is 31.7 Å². The van der Waals surface area contributed by atoms with E-state index in [0.29, 0.717) is 31.6 Å². The van der Waals surface area contributed by atoms with Crippen LogP contribution in [0.25, 0.3) is 0 Å². The number of amides is 1. The van der Waals surface area contributed by atoms with E-state index in [1.165, 1.54) is 25.7 Å². The summed E-state index contributed by atoms with van der Waals surface area (Å²) >= 11 is 0. The average Bonchev–Trinajstić information content (AvgIpc) is 3.22. The lowest BCUT2D eigenvalue weighted by Crippen LogP contribution is -2.45. The zero-order valence-electron chi connectivity index (χ0n) is 12.5. The average molecular weight is 295 g/mol. The zero-order valence-corrected chi connectivity index (χ0v) is 12.5. The molecule has 3 atom stereocenters. The number of carboxylic acid groups (broad SMARTS) is 1. The summed E-state index contributed by atoms with van der Waals surface area (Å²) in [7, 11) is 0. The van der Waals surface area contributed by atoms with Crippen LogP contribution in [0.2, 0.25) is 0 Å². The molecule has 1 aliphatic heterocycles. The SMILES string of the molecule is O=C(O)CCN(C(=O)C1[C@H]2CCCC[C@@H]12)C1CCOCC1. The summed E-state index contributed by atoms with van der Waals surface area (Å²) < 4.78 is 5.37. The molecule has 5 heteroatoms. The van der Waals surface area contributed by atoms with E-state index in [9.17, 15) is 9.59 Å². The second-order valence-corrected chi connectivity index (χ2v) is 6.66. The highest BCUT2D eigenvalue weighted by Crippen LogP contribution is 2.56. The third kappa shape index (κ3) is 3.23. The third-order valence-corrected chi connectivity index (χ3v) is 5.42. The van der Waals surface area contributed by atoms with Crippen molar-refractivity contribution in [3.8, 4) is 0 Å². The van der Waals surface area contributed by atoms with Crippen LogP contribution in [0.5, 0.6) is 0 Å². The number of fused-ring (bicyclic) bond motifs is 1. The molecule has 2 aliphatic carbocycles. The summed E-state index contributed by atoms with van der Waals surface area (Å²) in [6, 6.07) is 0.174. The van der Waals surface area contributed by atoms with Crippen molar-refractivity contribution in [2.24, 2.45) is 17.8 Å². The molecule has 3 aliphatic rings. The number of carbonyl (C=O) groups is 2. The van der Waals surface area contributed by atoms with Gasteiger partial charge in [-0.25, -0.2) is 0 Å². The normalized spacial score (nSPS) is 32.3. The minimum Gasteiger partial charge on any atom is -0.481 e. The van der Waals surface area contributed by atoms with Crippen LogP contribution in [0.4, 0.5) is 0 Å². The summed E-state index contributed by atoms with van der Waals surface area (Å²) in [5, 5.41) is 8.94. The van der Waals surface area contributed by atoms with Crippen LogP contribution in [-0.2, 0) is 14.3 Å². The Morgan fingerprint density at radius 3 is 2.24 bits per heavy atom. The van der Waals surface area contributed by atoms with E-state index in [4.69, 9.17) is 9.84 Å². The molecule has 1 unspecified atom stereocenters. The number of carboxylic acids is 1. The van der Waals surface area contributed by atoms with Crippen molar-refractivity contribution in [1.82, 2.24) is 4.90 Å². The first-order chi connectivity index (χ1) is 10.2. The fraction of sp³-hybridized carbons (Fsp3) is 0.875. The lowest BCUT2D eigenvalue weighted by atomic mass is 10.0. The number of carbonyl (C=O) groups excluding carboxylic acids is 1. The first-order valence-corrected chi connectivity index (χ1v) is 8.28. The predicted molar refractivity (Wildman–Crippen MR) is 76.7 cm³/mol. The standard InChI is InChI=1S/C16H25NO4/c18-14(19)5-8-17(11-6-9-21-10-7-11)16(20)15-12-3-1-2-4-13(12)15/h11-13,15H,1-10H2,(H,18,19)/t12-,13+,15?. The third-order valence-electron chi connectivity index (χ3n) is 5.42. The van der Waals surface area contributed by atoms with E-state index in [1.807, 2.05) is 4.90 Å². The number of ether oxygens (including phenoxy) is 1. The van der Waals surface area contributed by atoms with Crippen molar-refractivity contribution in [2.75, 3.05) is 19.8 Å². The molecular formula is C16H25NO4. The minimum atomic E-state index is -0.826. The van der Waals surface area contributed by atoms with E-state index in [0.717, 1.165) is 12.8 Å². The number of aliphatic carboxylic acids is 1. The molecule has 0 aromatic carbocycles. The van der Waals surface area contributed by atoms with Crippen LogP contribution < -0.4 is 0 Å². The van der Waals surface area contributed by atoms with Crippen LogP contribution in [0.1, 0.15) is 44.9 Å². The molecular weight excluding hydrogens is 270 g/mol. The first kappa shape index (κ1) is 14.8. The van der Waals surface area contributed by atoms with Gasteiger partial charge in [-0.2, -0.15) is 0 Å². The van der Waals surface area contributed by atoms with Crippen LogP contribution in [0.15, 0.2) is 0 Å². The van der Waals surface area contributed by atoms with Gasteiger partial charge in [0.2, 0.25) is 5.91 Å². The molecule has 0 spiro atoms. The molecule has 5 nitrogen and oxygen atoms in total. The van der Waals surface area contributed by atoms with E-state index < -0.39 is 5.97 Å². The highest BCUT2D eigenvalue weighted by Gasteiger charge is 2.56. The van der Waals surface area contributed by atoms with Crippen LogP contribution in [0, 0.1) is 17.8 Å². The lowest BCUT2D eigenvalue weighted by molar-refractivity contribution is -0.141. The van der Waals surface area contributed by atoms with Gasteiger partial charge in [0.1, 0.15) is 0 Å². The number of nitrogens with zero attached hydrogens (tertiary/aromatic N) is 1. The summed E-state index contributed by atoms with van der Waals surface area (Å²) in [5.41, 5.74) is 0. The van der Waals surface area contributed by atoms with Gasteiger partial charge in [-0.15, -0.1) is 0 Å². The molecule has 1 saturated heterocycles. The smallest absolute Gasteiger partial charge is 0.305 e. The van der Waals surface area contributed by atoms with Crippen LogP contribution in [0.3, 0.4) is 0 Å². The molecule has 0 bridgehead atoms. The Labute approximate surface area is 125 Å². The maximum atomic E-state index is 12.9. The lowest BCUT2D eigenvalue weighted by Gasteiger charge is -2.34. The maximum absolute atomic E-state index is 12.9. The molecule has 3 fully saturated rings. The van der Waals surface area contributed by atoms with E-state index in [1.54, 1.807) is 0 Å². The van der Waals surface area contributed by atoms with Crippen molar-refractivity contribution in [1.29, 1.82) is 0 Å². The Hall–Kier alpha value is -1.10. The van der Waals surface area contributed by atoms with Gasteiger partial charge in [-0.3, -0.25) is 9.59 Å². The highest BCUT2D eigenvalue weighted by molar-refractivity contribution is 5.83. The van der Waals surface area contributed by atoms with E-state index >= 15 is 0 Å². The molecule has 0 aromatic rings. The van der Waals surface area contributed by atoms with Gasteiger partial charge in [-0.05, 0) is 37.5 Å². The molecule has 1 N–H and O–H groups in total. The van der Waals surface area contributed by atoms with E-state index in [-0.39, 0.29) is 24.3 Å². The number of rotatable bonds is 5. The molecule has 1 heterocycles. The Bertz CT molecular complexity index is 393. The van der Waals surface area contributed by atoms with Crippen molar-refractivity contribution in [3.05, 3.63) is 0 Å². The second-order valence-electron chi connectivity index (χ2n) is 6.66. The Morgan fingerprint density at radius 1 is 1.05 bits per heavy atom. The van der Waals surface area contributed by atoms with Gasteiger partial charge in [0.15, 0.2) is 0 Å². The minimum absolute atomic E-state index is 0.0468. The van der Waals surface area contributed by atoms with Gasteiger partial charge < -0.3 is 14.7 Å². The fourth-order valence-corrected chi connectivity index (χ4v) is 4.24. The number of hydrogen-bond acceptors (Lipinski definition) is 3. The topological polar surface area (TPSA) is 66.8 Å². The molecule has 1 amide bonds. The first-order valence-electron chi connectivity index (χ1n) is 8.28. The monoisotopic (exact) mass is 295 g/mol. The predicted octanol–water partition coefficient (Wildman–Crippen LogP) is 1.90. The van der Waals surface area contributed by atoms with Crippen molar-refractivity contribution in [3.63, 3.8) is 0 Å². The molecule has 0 aromatic heterocycles. The van der Waals surface area contributed by atoms with Crippen molar-refractivity contribution >= 4 is 11.9 Å². The molecule has 21 heavy (non-hydrogen) atoms. The highest BCUT2D eigenvalue weighted by atomic mass is 16.5. The summed E-state index contributed by atoms with van der Waals surface area (Å²) in [5.74, 6) is 0.745. The van der Waals surface area contributed by atoms with Crippen molar-refractivity contribution in [2.45, 2.75) is 51.0 Å². The van der Waals surface area contributed by atoms with Gasteiger partial charge in [0.05, 0.1) is 6.42 Å². The molecule has 0 radical (unpaired) electrons. The van der Waals surface area contributed by atoms with Crippen molar-refractivity contribution < 1.29 is 19.4 Å².